The van der Waals surface area contributed by atoms with Crippen molar-refractivity contribution in [2.75, 3.05) is 44.6 Å². The summed E-state index contributed by atoms with van der Waals surface area (Å²) in [6.45, 7) is 10.4. The number of anilines is 1. The Kier molecular flexibility index (Phi) is 11.5. The molecule has 1 heterocycles. The summed E-state index contributed by atoms with van der Waals surface area (Å²) in [7, 11) is -1.74. The minimum absolute atomic E-state index is 0.00550. The smallest absolute Gasteiger partial charge is 0.261 e. The number of hydrogen-bond donors (Lipinski definition) is 2. The van der Waals surface area contributed by atoms with Crippen LogP contribution in [0.15, 0.2) is 47.4 Å². The zero-order valence-corrected chi connectivity index (χ0v) is 27.1. The summed E-state index contributed by atoms with van der Waals surface area (Å²) in [4.78, 5) is 18.4. The number of benzene rings is 2. The number of aryl methyl sites for hydroxylation is 1. The Bertz CT molecular complexity index is 1310. The third-order valence-electron chi connectivity index (χ3n) is 8.39. The van der Waals surface area contributed by atoms with Crippen LogP contribution in [0.1, 0.15) is 68.8 Å². The van der Waals surface area contributed by atoms with E-state index in [2.05, 4.69) is 23.6 Å². The standard InChI is InChI=1S/C33H49N3O6S/c1-23-9-14-29(15-10-23)43(39,40)34-28-13-16-31-30(18-28)33(38)36(25(3)22-37)19-24(2)32(21-35(5)20-27-11-12-27)41-17-7-6-8-26(4)42-31/h9-10,13-16,18,24-27,32,34,37H,6-8,11-12,17,19-22H2,1-5H3/t24-,25-,26-,32+/m0/s1. The van der Waals surface area contributed by atoms with Crippen LogP contribution in [-0.4, -0.2) is 87.4 Å². The topological polar surface area (TPSA) is 108 Å². The third-order valence-corrected chi connectivity index (χ3v) is 9.79. The maximum Gasteiger partial charge on any atom is 0.261 e. The molecule has 2 aromatic rings. The van der Waals surface area contributed by atoms with Gasteiger partial charge in [-0.2, -0.15) is 0 Å². The number of nitrogens with one attached hydrogen (secondary N) is 1. The van der Waals surface area contributed by atoms with Gasteiger partial charge in [0.15, 0.2) is 0 Å². The molecule has 0 bridgehead atoms. The minimum atomic E-state index is -3.88. The van der Waals surface area contributed by atoms with Gasteiger partial charge in [-0.25, -0.2) is 8.42 Å². The molecule has 2 N–H and O–H groups in total. The molecule has 9 nitrogen and oxygen atoms in total. The second-order valence-corrected chi connectivity index (χ2v) is 14.3. The number of carbonyl (C=O) groups is 1. The molecule has 1 aliphatic carbocycles. The van der Waals surface area contributed by atoms with E-state index in [1.54, 1.807) is 47.4 Å². The molecular weight excluding hydrogens is 566 g/mol. The monoisotopic (exact) mass is 615 g/mol. The molecule has 2 aromatic carbocycles. The maximum atomic E-state index is 14.3. The normalized spacial score (nSPS) is 23.3. The van der Waals surface area contributed by atoms with Crippen molar-refractivity contribution >= 4 is 21.6 Å². The number of ether oxygens (including phenoxy) is 2. The summed E-state index contributed by atoms with van der Waals surface area (Å²) in [5, 5.41) is 10.2. The molecular formula is C33H49N3O6S. The average Bonchev–Trinajstić information content (AvgIpc) is 3.78. The van der Waals surface area contributed by atoms with Crippen molar-refractivity contribution in [2.45, 2.75) is 82.9 Å². The number of aliphatic hydroxyl groups excluding tert-OH is 1. The maximum absolute atomic E-state index is 14.3. The molecule has 0 spiro atoms. The van der Waals surface area contributed by atoms with Crippen LogP contribution in [0.4, 0.5) is 5.69 Å². The molecule has 1 saturated carbocycles. The Morgan fingerprint density at radius 1 is 1.07 bits per heavy atom. The van der Waals surface area contributed by atoms with Gasteiger partial charge in [0.05, 0.1) is 35.3 Å². The van der Waals surface area contributed by atoms with E-state index in [0.717, 1.165) is 43.8 Å². The van der Waals surface area contributed by atoms with E-state index >= 15 is 0 Å². The van der Waals surface area contributed by atoms with Crippen LogP contribution in [-0.2, 0) is 14.8 Å². The van der Waals surface area contributed by atoms with Crippen molar-refractivity contribution in [1.82, 2.24) is 9.80 Å². The Morgan fingerprint density at radius 3 is 2.47 bits per heavy atom. The van der Waals surface area contributed by atoms with Crippen molar-refractivity contribution in [3.63, 3.8) is 0 Å². The summed E-state index contributed by atoms with van der Waals surface area (Å²) in [6.07, 6.45) is 4.95. The number of fused-ring (bicyclic) bond motifs is 1. The van der Waals surface area contributed by atoms with E-state index in [-0.39, 0.29) is 46.8 Å². The highest BCUT2D eigenvalue weighted by Crippen LogP contribution is 2.31. The van der Waals surface area contributed by atoms with E-state index in [1.807, 2.05) is 20.8 Å². The Balaban J connectivity index is 1.65. The highest BCUT2D eigenvalue weighted by molar-refractivity contribution is 7.92. The van der Waals surface area contributed by atoms with Crippen molar-refractivity contribution in [2.24, 2.45) is 11.8 Å². The van der Waals surface area contributed by atoms with Gasteiger partial charge in [-0.1, -0.05) is 24.6 Å². The fourth-order valence-corrected chi connectivity index (χ4v) is 6.55. The lowest BCUT2D eigenvalue weighted by Crippen LogP contribution is -2.47. The molecule has 0 aromatic heterocycles. The quantitative estimate of drug-likeness (QED) is 0.412. The fraction of sp³-hybridized carbons (Fsp3) is 0.606. The van der Waals surface area contributed by atoms with Gasteiger partial charge in [-0.05, 0) is 96.2 Å². The van der Waals surface area contributed by atoms with Gasteiger partial charge in [-0.3, -0.25) is 9.52 Å². The first-order valence-corrected chi connectivity index (χ1v) is 17.1. The number of hydrogen-bond acceptors (Lipinski definition) is 7. The minimum Gasteiger partial charge on any atom is -0.490 e. The number of aliphatic hydroxyl groups is 1. The predicted octanol–water partition coefficient (Wildman–Crippen LogP) is 4.93. The lowest BCUT2D eigenvalue weighted by molar-refractivity contribution is -0.0172. The van der Waals surface area contributed by atoms with Crippen molar-refractivity contribution in [3.05, 3.63) is 53.6 Å². The molecule has 2 aliphatic rings. The Labute approximate surface area is 257 Å². The van der Waals surface area contributed by atoms with Crippen LogP contribution in [0.5, 0.6) is 5.75 Å². The van der Waals surface area contributed by atoms with Crippen molar-refractivity contribution in [3.8, 4) is 5.75 Å². The largest absolute Gasteiger partial charge is 0.490 e. The lowest BCUT2D eigenvalue weighted by Gasteiger charge is -2.36. The number of rotatable bonds is 9. The van der Waals surface area contributed by atoms with Gasteiger partial charge < -0.3 is 24.4 Å². The summed E-state index contributed by atoms with van der Waals surface area (Å²) in [5.41, 5.74) is 1.47. The summed E-state index contributed by atoms with van der Waals surface area (Å²) >= 11 is 0. The SMILES string of the molecule is Cc1ccc(S(=O)(=O)Nc2ccc3c(c2)C(=O)N([C@@H](C)CO)C[C@H](C)[C@@H](CN(C)CC2CC2)OCCCC[C@H](C)O3)cc1. The number of likely N-dealkylation sites (N-methyl/N-ethyl adjacent to an activating group) is 1. The molecule has 0 saturated heterocycles. The lowest BCUT2D eigenvalue weighted by atomic mass is 10.0. The van der Waals surface area contributed by atoms with Gasteiger partial charge in [0.2, 0.25) is 0 Å². The molecule has 4 atom stereocenters. The van der Waals surface area contributed by atoms with Crippen LogP contribution in [0.2, 0.25) is 0 Å². The van der Waals surface area contributed by atoms with Crippen LogP contribution < -0.4 is 9.46 Å². The molecule has 10 heteroatoms. The number of carbonyl (C=O) groups excluding carboxylic acids is 1. The zero-order chi connectivity index (χ0) is 31.1. The highest BCUT2D eigenvalue weighted by Gasteiger charge is 2.31. The van der Waals surface area contributed by atoms with E-state index in [9.17, 15) is 18.3 Å². The Morgan fingerprint density at radius 2 is 1.79 bits per heavy atom. The van der Waals surface area contributed by atoms with Gasteiger partial charge in [-0.15, -0.1) is 0 Å². The van der Waals surface area contributed by atoms with E-state index in [4.69, 9.17) is 9.47 Å². The van der Waals surface area contributed by atoms with Gasteiger partial charge in [0, 0.05) is 37.8 Å². The van der Waals surface area contributed by atoms with Gasteiger partial charge in [0.1, 0.15) is 5.75 Å². The number of sulfonamides is 1. The number of nitrogens with zero attached hydrogens (tertiary/aromatic N) is 2. The molecule has 238 valence electrons. The molecule has 1 aliphatic heterocycles. The van der Waals surface area contributed by atoms with E-state index < -0.39 is 16.1 Å². The van der Waals surface area contributed by atoms with E-state index in [1.165, 1.54) is 12.8 Å². The second-order valence-electron chi connectivity index (χ2n) is 12.6. The van der Waals surface area contributed by atoms with Crippen LogP contribution in [0, 0.1) is 18.8 Å². The molecule has 1 amide bonds. The predicted molar refractivity (Wildman–Crippen MR) is 169 cm³/mol. The summed E-state index contributed by atoms with van der Waals surface area (Å²) in [6, 6.07) is 11.0. The fourth-order valence-electron chi connectivity index (χ4n) is 5.50. The summed E-state index contributed by atoms with van der Waals surface area (Å²) < 4.78 is 41.7. The van der Waals surface area contributed by atoms with Crippen LogP contribution in [0.25, 0.3) is 0 Å². The first-order chi connectivity index (χ1) is 20.5. The number of amides is 1. The first kappa shape index (κ1) is 33.2. The molecule has 43 heavy (non-hydrogen) atoms. The highest BCUT2D eigenvalue weighted by atomic mass is 32.2. The van der Waals surface area contributed by atoms with Gasteiger partial charge in [0.25, 0.3) is 15.9 Å². The second kappa shape index (κ2) is 14.9. The molecule has 1 fully saturated rings. The first-order valence-electron chi connectivity index (χ1n) is 15.6. The van der Waals surface area contributed by atoms with Crippen LogP contribution in [0.3, 0.4) is 0 Å². The molecule has 0 unspecified atom stereocenters. The van der Waals surface area contributed by atoms with Crippen molar-refractivity contribution < 1.29 is 27.8 Å². The third kappa shape index (κ3) is 9.41. The van der Waals surface area contributed by atoms with E-state index in [0.29, 0.717) is 18.9 Å². The average molecular weight is 616 g/mol. The molecule has 0 radical (unpaired) electrons. The summed E-state index contributed by atoms with van der Waals surface area (Å²) in [5.74, 6) is 0.831. The van der Waals surface area contributed by atoms with Crippen LogP contribution >= 0.6 is 0 Å². The Hall–Kier alpha value is -2.66. The molecule has 4 rings (SSSR count). The zero-order valence-electron chi connectivity index (χ0n) is 26.3. The van der Waals surface area contributed by atoms with Crippen molar-refractivity contribution in [1.29, 1.82) is 0 Å². The van der Waals surface area contributed by atoms with Gasteiger partial charge >= 0.3 is 0 Å².